The Morgan fingerprint density at radius 2 is 1.80 bits per heavy atom. The van der Waals surface area contributed by atoms with Gasteiger partial charge < -0.3 is 5.32 Å². The van der Waals surface area contributed by atoms with Gasteiger partial charge in [0.1, 0.15) is 0 Å². The van der Waals surface area contributed by atoms with Gasteiger partial charge in [0.05, 0.1) is 22.8 Å². The zero-order chi connectivity index (χ0) is 17.4. The van der Waals surface area contributed by atoms with Crippen LogP contribution in [0.4, 0.5) is 5.69 Å². The molecule has 0 unspecified atom stereocenters. The van der Waals surface area contributed by atoms with Gasteiger partial charge in [-0.1, -0.05) is 12.1 Å². The molecule has 0 spiro atoms. The van der Waals surface area contributed by atoms with Crippen molar-refractivity contribution in [3.63, 3.8) is 0 Å². The minimum Gasteiger partial charge on any atom is -0.326 e. The van der Waals surface area contributed by atoms with Gasteiger partial charge in [-0.05, 0) is 30.3 Å². The maximum Gasteiger partial charge on any atom is 0.261 e. The lowest BCUT2D eigenvalue weighted by Crippen LogP contribution is -2.32. The van der Waals surface area contributed by atoms with Crippen LogP contribution >= 0.6 is 0 Å². The molecule has 0 aliphatic carbocycles. The molecule has 0 radical (unpaired) electrons. The summed E-state index contributed by atoms with van der Waals surface area (Å²) in [7, 11) is 0. The molecule has 3 aromatic rings. The Bertz CT molecular complexity index is 973. The highest BCUT2D eigenvalue weighted by molar-refractivity contribution is 6.21. The molecule has 25 heavy (non-hydrogen) atoms. The summed E-state index contributed by atoms with van der Waals surface area (Å²) in [4.78, 5) is 37.8. The fourth-order valence-corrected chi connectivity index (χ4v) is 2.89. The van der Waals surface area contributed by atoms with Crippen LogP contribution in [0.5, 0.6) is 0 Å². The van der Waals surface area contributed by atoms with Gasteiger partial charge in [0.2, 0.25) is 5.91 Å². The van der Waals surface area contributed by atoms with Crippen LogP contribution in [-0.2, 0) is 4.79 Å². The molecule has 0 atom stereocenters. The number of amides is 3. The van der Waals surface area contributed by atoms with Gasteiger partial charge in [0.15, 0.2) is 0 Å². The summed E-state index contributed by atoms with van der Waals surface area (Å²) >= 11 is 0. The van der Waals surface area contributed by atoms with E-state index in [0.717, 1.165) is 15.8 Å². The van der Waals surface area contributed by atoms with E-state index in [9.17, 15) is 14.4 Å². The molecule has 3 amide bonds. The number of imide groups is 1. The van der Waals surface area contributed by atoms with Crippen molar-refractivity contribution < 1.29 is 14.4 Å². The number of nitrogens with zero attached hydrogens (tertiary/aromatic N) is 2. The Hall–Kier alpha value is -3.48. The lowest BCUT2D eigenvalue weighted by molar-refractivity contribution is -0.116. The Labute approximate surface area is 142 Å². The molecule has 2 aromatic carbocycles. The Morgan fingerprint density at radius 1 is 1.08 bits per heavy atom. The molecule has 0 saturated carbocycles. The minimum absolute atomic E-state index is 0.0342. The predicted octanol–water partition coefficient (Wildman–Crippen LogP) is 2.19. The molecule has 2 N–H and O–H groups in total. The molecule has 124 valence electrons. The number of fused-ring (bicyclic) bond motifs is 2. The molecule has 0 bridgehead atoms. The van der Waals surface area contributed by atoms with Crippen LogP contribution < -0.4 is 5.32 Å². The number of hydrogen-bond donors (Lipinski definition) is 2. The van der Waals surface area contributed by atoms with Gasteiger partial charge in [-0.2, -0.15) is 5.10 Å². The number of anilines is 1. The van der Waals surface area contributed by atoms with Crippen molar-refractivity contribution in [3.8, 4) is 0 Å². The molecular weight excluding hydrogens is 320 g/mol. The largest absolute Gasteiger partial charge is 0.326 e. The number of carbonyl (C=O) groups excluding carboxylic acids is 3. The first-order valence-electron chi connectivity index (χ1n) is 7.82. The van der Waals surface area contributed by atoms with E-state index in [4.69, 9.17) is 0 Å². The second kappa shape index (κ2) is 5.86. The van der Waals surface area contributed by atoms with Crippen molar-refractivity contribution in [2.24, 2.45) is 0 Å². The van der Waals surface area contributed by atoms with Gasteiger partial charge in [-0.15, -0.1) is 0 Å². The summed E-state index contributed by atoms with van der Waals surface area (Å²) in [5, 5.41) is 10.5. The van der Waals surface area contributed by atoms with E-state index in [1.165, 1.54) is 0 Å². The first-order chi connectivity index (χ1) is 12.1. The van der Waals surface area contributed by atoms with E-state index in [1.807, 2.05) is 6.07 Å². The maximum absolute atomic E-state index is 12.3. The average Bonchev–Trinajstić information content (AvgIpc) is 3.17. The molecule has 7 nitrogen and oxygen atoms in total. The van der Waals surface area contributed by atoms with E-state index in [2.05, 4.69) is 15.5 Å². The van der Waals surface area contributed by atoms with E-state index < -0.39 is 0 Å². The van der Waals surface area contributed by atoms with Crippen molar-refractivity contribution in [1.29, 1.82) is 0 Å². The van der Waals surface area contributed by atoms with Crippen molar-refractivity contribution >= 4 is 34.3 Å². The molecule has 0 fully saturated rings. The highest BCUT2D eigenvalue weighted by atomic mass is 16.2. The topological polar surface area (TPSA) is 95.2 Å². The molecule has 1 aliphatic rings. The number of nitrogens with one attached hydrogen (secondary N) is 2. The lowest BCUT2D eigenvalue weighted by atomic mass is 10.1. The number of aromatic amines is 1. The monoisotopic (exact) mass is 334 g/mol. The smallest absolute Gasteiger partial charge is 0.261 e. The van der Waals surface area contributed by atoms with Crippen molar-refractivity contribution in [2.75, 3.05) is 11.9 Å². The van der Waals surface area contributed by atoms with Crippen LogP contribution in [0.3, 0.4) is 0 Å². The first kappa shape index (κ1) is 15.1. The summed E-state index contributed by atoms with van der Waals surface area (Å²) in [5.41, 5.74) is 2.22. The van der Waals surface area contributed by atoms with Crippen molar-refractivity contribution in [3.05, 3.63) is 59.8 Å². The second-order valence-corrected chi connectivity index (χ2v) is 5.78. The zero-order valence-corrected chi connectivity index (χ0v) is 13.2. The van der Waals surface area contributed by atoms with Crippen molar-refractivity contribution in [1.82, 2.24) is 15.1 Å². The van der Waals surface area contributed by atoms with Gasteiger partial charge in [0, 0.05) is 24.0 Å². The van der Waals surface area contributed by atoms with E-state index in [1.54, 1.807) is 42.6 Å². The first-order valence-corrected chi connectivity index (χ1v) is 7.82. The Balaban J connectivity index is 1.41. The summed E-state index contributed by atoms with van der Waals surface area (Å²) in [6, 6.07) is 12.1. The maximum atomic E-state index is 12.3. The van der Waals surface area contributed by atoms with E-state index in [0.29, 0.717) is 16.8 Å². The summed E-state index contributed by atoms with van der Waals surface area (Å²) in [6.07, 6.45) is 1.73. The Kier molecular flexibility index (Phi) is 3.53. The minimum atomic E-state index is -0.354. The lowest BCUT2D eigenvalue weighted by Gasteiger charge is -2.13. The number of hydrogen-bond acceptors (Lipinski definition) is 4. The SMILES string of the molecule is O=C(CCN1C(=O)c2ccccc2C1=O)Nc1ccc2cn[nH]c2c1. The van der Waals surface area contributed by atoms with Crippen LogP contribution in [0, 0.1) is 0 Å². The van der Waals surface area contributed by atoms with Crippen LogP contribution in [-0.4, -0.2) is 39.4 Å². The molecule has 1 aliphatic heterocycles. The molecule has 4 rings (SSSR count). The number of rotatable bonds is 4. The second-order valence-electron chi connectivity index (χ2n) is 5.78. The summed E-state index contributed by atoms with van der Waals surface area (Å²) < 4.78 is 0. The van der Waals surface area contributed by atoms with Gasteiger partial charge in [-0.3, -0.25) is 24.4 Å². The predicted molar refractivity (Wildman–Crippen MR) is 91.1 cm³/mol. The van der Waals surface area contributed by atoms with Gasteiger partial charge in [-0.25, -0.2) is 0 Å². The van der Waals surface area contributed by atoms with Crippen LogP contribution in [0.2, 0.25) is 0 Å². The number of H-pyrrole nitrogens is 1. The quantitative estimate of drug-likeness (QED) is 0.715. The number of benzene rings is 2. The van der Waals surface area contributed by atoms with Gasteiger partial charge in [0.25, 0.3) is 11.8 Å². The highest BCUT2D eigenvalue weighted by Crippen LogP contribution is 2.22. The summed E-state index contributed by atoms with van der Waals surface area (Å²) in [5.74, 6) is -0.977. The van der Waals surface area contributed by atoms with Crippen LogP contribution in [0.25, 0.3) is 10.9 Å². The van der Waals surface area contributed by atoms with Gasteiger partial charge >= 0.3 is 0 Å². The summed E-state index contributed by atoms with van der Waals surface area (Å²) in [6.45, 7) is 0.0461. The molecule has 2 heterocycles. The normalized spacial score (nSPS) is 13.4. The van der Waals surface area contributed by atoms with E-state index >= 15 is 0 Å². The van der Waals surface area contributed by atoms with Crippen LogP contribution in [0.1, 0.15) is 27.1 Å². The van der Waals surface area contributed by atoms with Crippen LogP contribution in [0.15, 0.2) is 48.7 Å². The fourth-order valence-electron chi connectivity index (χ4n) is 2.89. The third-order valence-corrected chi connectivity index (χ3v) is 4.17. The zero-order valence-electron chi connectivity index (χ0n) is 13.2. The Morgan fingerprint density at radius 3 is 2.52 bits per heavy atom. The third kappa shape index (κ3) is 2.65. The number of carbonyl (C=O) groups is 3. The third-order valence-electron chi connectivity index (χ3n) is 4.17. The molecule has 7 heteroatoms. The standard InChI is InChI=1S/C18H14N4O3/c23-16(20-12-6-5-11-10-19-21-15(11)9-12)7-8-22-17(24)13-3-1-2-4-14(13)18(22)25/h1-6,9-10H,7-8H2,(H,19,21)(H,20,23). The molecular formula is C18H14N4O3. The van der Waals surface area contributed by atoms with E-state index in [-0.39, 0.29) is 30.7 Å². The molecule has 1 aromatic heterocycles. The van der Waals surface area contributed by atoms with Crippen molar-refractivity contribution in [2.45, 2.75) is 6.42 Å². The highest BCUT2D eigenvalue weighted by Gasteiger charge is 2.34. The fraction of sp³-hybridized carbons (Fsp3) is 0.111. The molecule has 0 saturated heterocycles. The average molecular weight is 334 g/mol. The number of aromatic nitrogens is 2.